The highest BCUT2D eigenvalue weighted by Gasteiger charge is 2.44. The molecule has 39 heavy (non-hydrogen) atoms. The van der Waals surface area contributed by atoms with Gasteiger partial charge in [0, 0.05) is 37.2 Å². The third-order valence-corrected chi connectivity index (χ3v) is 7.88. The minimum absolute atomic E-state index is 0.0459. The zero-order valence-electron chi connectivity index (χ0n) is 22.2. The molecule has 0 spiro atoms. The fraction of sp³-hybridized carbons (Fsp3) is 0.367. The van der Waals surface area contributed by atoms with Crippen LogP contribution in [0.15, 0.2) is 65.6 Å². The molecule has 2 heterocycles. The molecular weight excluding hydrogens is 530 g/mol. The number of benzene rings is 2. The molecule has 4 atom stereocenters. The lowest BCUT2D eigenvalue weighted by Crippen LogP contribution is -2.35. The van der Waals surface area contributed by atoms with E-state index in [4.69, 9.17) is 9.47 Å². The number of hydrogen-bond acceptors (Lipinski definition) is 5. The van der Waals surface area contributed by atoms with Crippen molar-refractivity contribution in [3.8, 4) is 11.5 Å². The van der Waals surface area contributed by atoms with Crippen LogP contribution in [0.1, 0.15) is 46.7 Å². The second kappa shape index (κ2) is 11.6. The molecule has 0 bridgehead atoms. The highest BCUT2D eigenvalue weighted by Crippen LogP contribution is 2.39. The molecule has 9 heteroatoms. The van der Waals surface area contributed by atoms with Crippen molar-refractivity contribution in [3.63, 3.8) is 0 Å². The van der Waals surface area contributed by atoms with E-state index in [0.29, 0.717) is 36.0 Å². The molecule has 0 radical (unpaired) electrons. The van der Waals surface area contributed by atoms with E-state index in [-0.39, 0.29) is 35.2 Å². The molecule has 2 aromatic carbocycles. The highest BCUT2D eigenvalue weighted by atomic mass is 31.1. The molecule has 2 unspecified atom stereocenters. The Labute approximate surface area is 233 Å². The molecule has 1 saturated heterocycles. The second-order valence-corrected chi connectivity index (χ2v) is 12.5. The van der Waals surface area contributed by atoms with Crippen LogP contribution >= 0.6 is 18.5 Å². The standard InChI is InChI=1S/C30H34N2O5P2/c1-18-13-14-31(16-19-3-4-19)29(35)27(18)32-17-25(20-5-9-22(36-2)10-6-20)24(28(32)34)15-26(33)21-7-11-23(12-8-21)37-30(38)39/h5-14,19,24-25,30H,3-4,15-17,38-39H2,1-2H3/t24-,25-/m0/s1. The molecule has 1 aliphatic heterocycles. The predicted octanol–water partition coefficient (Wildman–Crippen LogP) is 5.01. The summed E-state index contributed by atoms with van der Waals surface area (Å²) in [6.07, 6.45) is 4.13. The van der Waals surface area contributed by atoms with Gasteiger partial charge in [0.15, 0.2) is 5.78 Å². The lowest BCUT2D eigenvalue weighted by Gasteiger charge is -2.20. The van der Waals surface area contributed by atoms with Crippen LogP contribution in [0.4, 0.5) is 5.69 Å². The van der Waals surface area contributed by atoms with Crippen LogP contribution in [0, 0.1) is 18.8 Å². The van der Waals surface area contributed by atoms with Crippen molar-refractivity contribution in [2.75, 3.05) is 18.6 Å². The van der Waals surface area contributed by atoms with Crippen molar-refractivity contribution in [1.82, 2.24) is 4.57 Å². The molecule has 2 fully saturated rings. The summed E-state index contributed by atoms with van der Waals surface area (Å²) in [6, 6.07) is 16.5. The topological polar surface area (TPSA) is 77.8 Å². The fourth-order valence-corrected chi connectivity index (χ4v) is 5.62. The summed E-state index contributed by atoms with van der Waals surface area (Å²) in [5, 5.41) is 0. The number of anilines is 1. The number of pyridine rings is 1. The maximum absolute atomic E-state index is 14.0. The van der Waals surface area contributed by atoms with Crippen molar-refractivity contribution in [3.05, 3.63) is 87.8 Å². The van der Waals surface area contributed by atoms with E-state index in [9.17, 15) is 14.4 Å². The Bertz CT molecular complexity index is 1410. The number of rotatable bonds is 10. The monoisotopic (exact) mass is 564 g/mol. The summed E-state index contributed by atoms with van der Waals surface area (Å²) >= 11 is 0. The van der Waals surface area contributed by atoms with Crippen molar-refractivity contribution in [2.24, 2.45) is 11.8 Å². The van der Waals surface area contributed by atoms with Crippen molar-refractivity contribution in [1.29, 1.82) is 0 Å². The van der Waals surface area contributed by atoms with Crippen LogP contribution < -0.4 is 19.9 Å². The van der Waals surface area contributed by atoms with E-state index >= 15 is 0 Å². The number of aryl methyl sites for hydroxylation is 1. The first-order valence-electron chi connectivity index (χ1n) is 13.2. The van der Waals surface area contributed by atoms with Crippen LogP contribution in [0.5, 0.6) is 11.5 Å². The Balaban J connectivity index is 1.46. The van der Waals surface area contributed by atoms with Crippen molar-refractivity contribution in [2.45, 2.75) is 44.2 Å². The maximum Gasteiger partial charge on any atom is 0.274 e. The van der Waals surface area contributed by atoms with E-state index in [1.165, 1.54) is 0 Å². The number of amides is 1. The van der Waals surface area contributed by atoms with Gasteiger partial charge in [-0.25, -0.2) is 0 Å². The average Bonchev–Trinajstić information content (AvgIpc) is 3.69. The van der Waals surface area contributed by atoms with Crippen LogP contribution in [0.25, 0.3) is 0 Å². The maximum atomic E-state index is 14.0. The van der Waals surface area contributed by atoms with Crippen LogP contribution in [0.3, 0.4) is 0 Å². The van der Waals surface area contributed by atoms with Crippen molar-refractivity contribution < 1.29 is 19.1 Å². The normalized spacial score (nSPS) is 19.0. The molecule has 7 nitrogen and oxygen atoms in total. The summed E-state index contributed by atoms with van der Waals surface area (Å²) in [6.45, 7) is 2.87. The number of carbonyl (C=O) groups is 2. The Hall–Kier alpha value is -3.01. The molecule has 3 aromatic rings. The summed E-state index contributed by atoms with van der Waals surface area (Å²) < 4.78 is 12.7. The van der Waals surface area contributed by atoms with E-state index in [1.54, 1.807) is 40.8 Å². The van der Waals surface area contributed by atoms with E-state index < -0.39 is 5.92 Å². The van der Waals surface area contributed by atoms with Gasteiger partial charge in [-0.1, -0.05) is 30.6 Å². The minimum atomic E-state index is -0.596. The number of aromatic nitrogens is 1. The summed E-state index contributed by atoms with van der Waals surface area (Å²) in [5.74, 6) is 0.742. The molecule has 5 rings (SSSR count). The summed E-state index contributed by atoms with van der Waals surface area (Å²) in [4.78, 5) is 42.5. The Morgan fingerprint density at radius 3 is 2.28 bits per heavy atom. The first-order chi connectivity index (χ1) is 18.7. The molecule has 0 N–H and O–H groups in total. The van der Waals surface area contributed by atoms with Crippen molar-refractivity contribution >= 4 is 35.9 Å². The number of nitrogens with zero attached hydrogens (tertiary/aromatic N) is 2. The van der Waals surface area contributed by atoms with E-state index in [0.717, 1.165) is 29.7 Å². The molecule has 1 aromatic heterocycles. The van der Waals surface area contributed by atoms with Gasteiger partial charge < -0.3 is 18.9 Å². The Morgan fingerprint density at radius 1 is 1.00 bits per heavy atom. The lowest BCUT2D eigenvalue weighted by molar-refractivity contribution is -0.120. The number of ketones is 1. The minimum Gasteiger partial charge on any atom is -0.497 e. The summed E-state index contributed by atoms with van der Waals surface area (Å²) in [7, 11) is 6.68. The molecule has 2 aliphatic rings. The fourth-order valence-electron chi connectivity index (χ4n) is 5.30. The van der Waals surface area contributed by atoms with Gasteiger partial charge in [-0.05, 0) is 79.3 Å². The highest BCUT2D eigenvalue weighted by molar-refractivity contribution is 7.37. The molecule has 1 saturated carbocycles. The zero-order chi connectivity index (χ0) is 27.7. The smallest absolute Gasteiger partial charge is 0.274 e. The third-order valence-electron chi connectivity index (χ3n) is 7.61. The lowest BCUT2D eigenvalue weighted by atomic mass is 9.84. The van der Waals surface area contributed by atoms with Gasteiger partial charge >= 0.3 is 0 Å². The second-order valence-electron chi connectivity index (χ2n) is 10.4. The van der Waals surface area contributed by atoms with Gasteiger partial charge in [-0.3, -0.25) is 14.4 Å². The number of ether oxygens (including phenoxy) is 2. The SMILES string of the molecule is COc1ccc([C@@H]2CN(c3c(C)ccn(CC4CC4)c3=O)C(=O)[C@H]2CC(=O)c2ccc(OC(P)P)cc2)cc1. The quantitative estimate of drug-likeness (QED) is 0.256. The van der Waals surface area contributed by atoms with Gasteiger partial charge in [0.25, 0.3) is 5.56 Å². The molecule has 1 aliphatic carbocycles. The van der Waals surface area contributed by atoms with E-state index in [1.807, 2.05) is 43.5 Å². The number of hydrogen-bond donors (Lipinski definition) is 0. The van der Waals surface area contributed by atoms with Gasteiger partial charge in [0.1, 0.15) is 22.8 Å². The van der Waals surface area contributed by atoms with Gasteiger partial charge in [0.05, 0.1) is 13.0 Å². The first kappa shape index (κ1) is 27.6. The Morgan fingerprint density at radius 2 is 1.67 bits per heavy atom. The molecule has 1 amide bonds. The number of methoxy groups -OCH3 is 1. The zero-order valence-corrected chi connectivity index (χ0v) is 24.5. The van der Waals surface area contributed by atoms with Crippen LogP contribution in [-0.2, 0) is 11.3 Å². The third kappa shape index (κ3) is 6.10. The predicted molar refractivity (Wildman–Crippen MR) is 159 cm³/mol. The van der Waals surface area contributed by atoms with Gasteiger partial charge in [-0.15, -0.1) is 0 Å². The van der Waals surface area contributed by atoms with Gasteiger partial charge in [-0.2, -0.15) is 0 Å². The number of carbonyl (C=O) groups excluding carboxylic acids is 2. The Kier molecular flexibility index (Phi) is 8.21. The van der Waals surface area contributed by atoms with Gasteiger partial charge in [0.2, 0.25) is 5.91 Å². The number of Topliss-reactive ketones (excluding diaryl/α,β-unsaturated/α-hetero) is 1. The first-order valence-corrected chi connectivity index (χ1v) is 14.5. The molecule has 204 valence electrons. The average molecular weight is 565 g/mol. The molecular formula is C30H34N2O5P2. The van der Waals surface area contributed by atoms with E-state index in [2.05, 4.69) is 18.5 Å². The largest absolute Gasteiger partial charge is 0.497 e. The van der Waals surface area contributed by atoms with Crippen LogP contribution in [0.2, 0.25) is 0 Å². The van der Waals surface area contributed by atoms with Crippen LogP contribution in [-0.4, -0.2) is 35.5 Å². The summed E-state index contributed by atoms with van der Waals surface area (Å²) in [5.41, 5.74) is 2.36.